The Hall–Kier alpha value is -0.820. The van der Waals surface area contributed by atoms with Crippen molar-refractivity contribution in [2.45, 2.75) is 32.1 Å². The van der Waals surface area contributed by atoms with E-state index in [4.69, 9.17) is 11.6 Å². The van der Waals surface area contributed by atoms with Crippen molar-refractivity contribution < 1.29 is 4.79 Å². The number of Topliss-reactive ketones (excluding diaryl/α,β-unsaturated/α-hetero) is 1. The largest absolute Gasteiger partial charge is 0.299 e. The van der Waals surface area contributed by atoms with Gasteiger partial charge in [-0.1, -0.05) is 36.2 Å². The molecule has 0 unspecified atom stereocenters. The van der Waals surface area contributed by atoms with Gasteiger partial charge in [0.05, 0.1) is 0 Å². The summed E-state index contributed by atoms with van der Waals surface area (Å²) in [6, 6.07) is 7.82. The normalized spacial score (nSPS) is 21.7. The first-order valence-corrected chi connectivity index (χ1v) is 5.91. The minimum atomic E-state index is 0.207. The van der Waals surface area contributed by atoms with Gasteiger partial charge in [0, 0.05) is 17.4 Å². The first-order valence-electron chi connectivity index (χ1n) is 5.53. The predicted octanol–water partition coefficient (Wildman–Crippen LogP) is 3.64. The zero-order chi connectivity index (χ0) is 10.7. The van der Waals surface area contributed by atoms with Gasteiger partial charge in [0.2, 0.25) is 0 Å². The molecule has 0 heterocycles. The highest BCUT2D eigenvalue weighted by molar-refractivity contribution is 6.31. The minimum Gasteiger partial charge on any atom is -0.299 e. The van der Waals surface area contributed by atoms with Crippen molar-refractivity contribution in [2.24, 2.45) is 5.92 Å². The summed E-state index contributed by atoms with van der Waals surface area (Å²) in [6.07, 6.45) is 4.86. The quantitative estimate of drug-likeness (QED) is 0.747. The minimum absolute atomic E-state index is 0.207. The Kier molecular flexibility index (Phi) is 3.42. The molecule has 0 bridgehead atoms. The van der Waals surface area contributed by atoms with E-state index in [-0.39, 0.29) is 5.92 Å². The lowest BCUT2D eigenvalue weighted by molar-refractivity contribution is -0.124. The highest BCUT2D eigenvalue weighted by Gasteiger charge is 2.22. The Morgan fingerprint density at radius 2 is 2.07 bits per heavy atom. The molecule has 1 aliphatic carbocycles. The summed E-state index contributed by atoms with van der Waals surface area (Å²) in [5.74, 6) is 0.625. The predicted molar refractivity (Wildman–Crippen MR) is 62.1 cm³/mol. The van der Waals surface area contributed by atoms with Crippen molar-refractivity contribution in [3.63, 3.8) is 0 Å². The summed E-state index contributed by atoms with van der Waals surface area (Å²) in [4.78, 5) is 11.7. The maximum absolute atomic E-state index is 11.7. The Bertz CT molecular complexity index is 359. The number of hydrogen-bond acceptors (Lipinski definition) is 1. The zero-order valence-corrected chi connectivity index (χ0v) is 9.46. The van der Waals surface area contributed by atoms with Crippen LogP contribution in [-0.4, -0.2) is 5.78 Å². The molecule has 0 aromatic heterocycles. The summed E-state index contributed by atoms with van der Waals surface area (Å²) >= 11 is 6.08. The molecular formula is C13H15ClO. The van der Waals surface area contributed by atoms with Crippen LogP contribution in [0.25, 0.3) is 0 Å². The molecule has 0 amide bonds. The van der Waals surface area contributed by atoms with Crippen LogP contribution in [0.15, 0.2) is 24.3 Å². The lowest BCUT2D eigenvalue weighted by atomic mass is 9.84. The molecule has 15 heavy (non-hydrogen) atoms. The highest BCUT2D eigenvalue weighted by Crippen LogP contribution is 2.26. The van der Waals surface area contributed by atoms with Gasteiger partial charge in [0.1, 0.15) is 5.78 Å². The summed E-state index contributed by atoms with van der Waals surface area (Å²) in [6.45, 7) is 0. The second-order valence-electron chi connectivity index (χ2n) is 4.20. The first-order chi connectivity index (χ1) is 7.27. The number of ketones is 1. The van der Waals surface area contributed by atoms with E-state index in [0.29, 0.717) is 5.78 Å². The van der Waals surface area contributed by atoms with Crippen molar-refractivity contribution >= 4 is 17.4 Å². The molecule has 0 aliphatic heterocycles. The Morgan fingerprint density at radius 1 is 1.27 bits per heavy atom. The van der Waals surface area contributed by atoms with E-state index in [0.717, 1.165) is 36.3 Å². The van der Waals surface area contributed by atoms with E-state index in [1.165, 1.54) is 6.42 Å². The van der Waals surface area contributed by atoms with Crippen LogP contribution in [0.4, 0.5) is 0 Å². The van der Waals surface area contributed by atoms with E-state index in [1.807, 2.05) is 24.3 Å². The van der Waals surface area contributed by atoms with Gasteiger partial charge in [-0.05, 0) is 30.9 Å². The number of carbonyl (C=O) groups excluding carboxylic acids is 1. The maximum Gasteiger partial charge on any atom is 0.136 e. The SMILES string of the molecule is O=C1CCCC[C@H]1Cc1ccccc1Cl. The molecule has 1 aromatic carbocycles. The van der Waals surface area contributed by atoms with E-state index < -0.39 is 0 Å². The molecule has 1 nitrogen and oxygen atoms in total. The van der Waals surface area contributed by atoms with Crippen molar-refractivity contribution in [1.29, 1.82) is 0 Å². The lowest BCUT2D eigenvalue weighted by Gasteiger charge is -2.20. The molecule has 1 fully saturated rings. The van der Waals surface area contributed by atoms with Crippen molar-refractivity contribution in [1.82, 2.24) is 0 Å². The Morgan fingerprint density at radius 3 is 2.80 bits per heavy atom. The number of carbonyl (C=O) groups is 1. The van der Waals surface area contributed by atoms with Crippen LogP contribution in [0.2, 0.25) is 5.02 Å². The van der Waals surface area contributed by atoms with Crippen LogP contribution in [0.3, 0.4) is 0 Å². The van der Waals surface area contributed by atoms with Gasteiger partial charge < -0.3 is 0 Å². The van der Waals surface area contributed by atoms with Crippen LogP contribution in [0.5, 0.6) is 0 Å². The van der Waals surface area contributed by atoms with Crippen molar-refractivity contribution in [3.05, 3.63) is 34.9 Å². The van der Waals surface area contributed by atoms with E-state index in [2.05, 4.69) is 0 Å². The molecule has 1 atom stereocenters. The van der Waals surface area contributed by atoms with Crippen molar-refractivity contribution in [3.8, 4) is 0 Å². The fourth-order valence-corrected chi connectivity index (χ4v) is 2.41. The average Bonchev–Trinajstić information content (AvgIpc) is 2.24. The van der Waals surface area contributed by atoms with Crippen molar-refractivity contribution in [2.75, 3.05) is 0 Å². The van der Waals surface area contributed by atoms with Crippen LogP contribution in [-0.2, 0) is 11.2 Å². The summed E-state index contributed by atoms with van der Waals surface area (Å²) in [5.41, 5.74) is 1.11. The third-order valence-corrected chi connectivity index (χ3v) is 3.47. The second-order valence-corrected chi connectivity index (χ2v) is 4.61. The van der Waals surface area contributed by atoms with Gasteiger partial charge in [0.15, 0.2) is 0 Å². The number of halogens is 1. The van der Waals surface area contributed by atoms with Gasteiger partial charge in [-0.3, -0.25) is 4.79 Å². The van der Waals surface area contributed by atoms with E-state index in [9.17, 15) is 4.79 Å². The molecule has 2 heteroatoms. The van der Waals surface area contributed by atoms with E-state index in [1.54, 1.807) is 0 Å². The molecule has 0 saturated heterocycles. The molecular weight excluding hydrogens is 208 g/mol. The van der Waals surface area contributed by atoms with Gasteiger partial charge in [-0.2, -0.15) is 0 Å². The van der Waals surface area contributed by atoms with Crippen LogP contribution >= 0.6 is 11.6 Å². The third kappa shape index (κ3) is 2.60. The molecule has 2 rings (SSSR count). The number of benzene rings is 1. The molecule has 0 N–H and O–H groups in total. The molecule has 0 spiro atoms. The fraction of sp³-hybridized carbons (Fsp3) is 0.462. The zero-order valence-electron chi connectivity index (χ0n) is 8.71. The van der Waals surface area contributed by atoms with Gasteiger partial charge in [-0.15, -0.1) is 0 Å². The fourth-order valence-electron chi connectivity index (χ4n) is 2.20. The topological polar surface area (TPSA) is 17.1 Å². The molecule has 1 saturated carbocycles. The average molecular weight is 223 g/mol. The maximum atomic E-state index is 11.7. The molecule has 0 radical (unpaired) electrons. The van der Waals surface area contributed by atoms with Gasteiger partial charge in [0.25, 0.3) is 0 Å². The van der Waals surface area contributed by atoms with Gasteiger partial charge >= 0.3 is 0 Å². The molecule has 1 aromatic rings. The molecule has 80 valence electrons. The lowest BCUT2D eigenvalue weighted by Crippen LogP contribution is -2.21. The monoisotopic (exact) mass is 222 g/mol. The van der Waals surface area contributed by atoms with E-state index >= 15 is 0 Å². The summed E-state index contributed by atoms with van der Waals surface area (Å²) < 4.78 is 0. The standard InChI is InChI=1S/C13H15ClO/c14-12-7-3-1-5-10(12)9-11-6-2-4-8-13(11)15/h1,3,5,7,11H,2,4,6,8-9H2/t11-/m0/s1. The van der Waals surface area contributed by atoms with Crippen LogP contribution in [0, 0.1) is 5.92 Å². The Balaban J connectivity index is 2.08. The highest BCUT2D eigenvalue weighted by atomic mass is 35.5. The number of hydrogen-bond donors (Lipinski definition) is 0. The van der Waals surface area contributed by atoms with Crippen LogP contribution in [0.1, 0.15) is 31.2 Å². The third-order valence-electron chi connectivity index (χ3n) is 3.11. The Labute approximate surface area is 95.4 Å². The number of rotatable bonds is 2. The molecule has 1 aliphatic rings. The summed E-state index contributed by atoms with van der Waals surface area (Å²) in [7, 11) is 0. The second kappa shape index (κ2) is 4.80. The summed E-state index contributed by atoms with van der Waals surface area (Å²) in [5, 5.41) is 0.788. The van der Waals surface area contributed by atoms with Crippen LogP contribution < -0.4 is 0 Å². The van der Waals surface area contributed by atoms with Gasteiger partial charge in [-0.25, -0.2) is 0 Å². The first kappa shape index (κ1) is 10.7. The smallest absolute Gasteiger partial charge is 0.136 e.